The highest BCUT2D eigenvalue weighted by Gasteiger charge is 2.29. The molecule has 1 N–H and O–H groups in total. The summed E-state index contributed by atoms with van der Waals surface area (Å²) >= 11 is 0. The predicted molar refractivity (Wildman–Crippen MR) is 109 cm³/mol. The Hall–Kier alpha value is -2.45. The van der Waals surface area contributed by atoms with Gasteiger partial charge in [0.2, 0.25) is 10.0 Å². The van der Waals surface area contributed by atoms with Crippen molar-refractivity contribution in [2.24, 2.45) is 0 Å². The number of benzene rings is 2. The van der Waals surface area contributed by atoms with Gasteiger partial charge in [-0.05, 0) is 69.2 Å². The summed E-state index contributed by atoms with van der Waals surface area (Å²) < 4.78 is 45.8. The van der Waals surface area contributed by atoms with Gasteiger partial charge in [0.15, 0.2) is 0 Å². The number of piperidine rings is 1. The summed E-state index contributed by atoms with van der Waals surface area (Å²) in [7, 11) is -3.76. The van der Waals surface area contributed by atoms with Crippen molar-refractivity contribution in [1.29, 1.82) is 0 Å². The summed E-state index contributed by atoms with van der Waals surface area (Å²) in [6.07, 6.45) is -0.530. The normalized spacial score (nSPS) is 16.0. The van der Waals surface area contributed by atoms with Crippen LogP contribution in [0, 0.1) is 0 Å². The van der Waals surface area contributed by atoms with Crippen LogP contribution in [0.3, 0.4) is 0 Å². The van der Waals surface area contributed by atoms with Crippen LogP contribution in [0.1, 0.15) is 37.0 Å². The smallest absolute Gasteiger partial charge is 0.255 e. The van der Waals surface area contributed by atoms with Crippen molar-refractivity contribution < 1.29 is 22.3 Å². The molecule has 0 aromatic heterocycles. The highest BCUT2D eigenvalue weighted by atomic mass is 32.2. The second-order valence-corrected chi connectivity index (χ2v) is 9.19. The SMILES string of the molecule is CC(C)Oc1ccc(NC(=O)c2cccc(S(=O)(=O)N3CCC(F)CC3)c2)cc1. The first kappa shape index (κ1) is 21.3. The van der Waals surface area contributed by atoms with Gasteiger partial charge >= 0.3 is 0 Å². The lowest BCUT2D eigenvalue weighted by Gasteiger charge is -2.27. The number of anilines is 1. The van der Waals surface area contributed by atoms with E-state index < -0.39 is 22.1 Å². The van der Waals surface area contributed by atoms with Crippen molar-refractivity contribution in [2.75, 3.05) is 18.4 Å². The van der Waals surface area contributed by atoms with E-state index in [0.29, 0.717) is 11.4 Å². The minimum atomic E-state index is -3.76. The van der Waals surface area contributed by atoms with Crippen LogP contribution in [0.5, 0.6) is 5.75 Å². The molecule has 0 spiro atoms. The minimum absolute atomic E-state index is 0.0307. The van der Waals surface area contributed by atoms with Crippen LogP contribution in [-0.4, -0.2) is 44.0 Å². The predicted octanol–water partition coefficient (Wildman–Crippen LogP) is 3.85. The number of nitrogens with zero attached hydrogens (tertiary/aromatic N) is 1. The molecular weight excluding hydrogens is 395 g/mol. The summed E-state index contributed by atoms with van der Waals surface area (Å²) in [4.78, 5) is 12.6. The van der Waals surface area contributed by atoms with Gasteiger partial charge in [-0.1, -0.05) is 6.07 Å². The molecule has 1 saturated heterocycles. The number of rotatable bonds is 6. The molecule has 6 nitrogen and oxygen atoms in total. The van der Waals surface area contributed by atoms with Crippen molar-refractivity contribution in [1.82, 2.24) is 4.31 Å². The number of sulfonamides is 1. The van der Waals surface area contributed by atoms with Crippen LogP contribution in [-0.2, 0) is 10.0 Å². The maximum atomic E-state index is 13.3. The Morgan fingerprint density at radius 2 is 1.79 bits per heavy atom. The van der Waals surface area contributed by atoms with Gasteiger partial charge in [0.05, 0.1) is 11.0 Å². The van der Waals surface area contributed by atoms with E-state index in [4.69, 9.17) is 4.74 Å². The molecule has 29 heavy (non-hydrogen) atoms. The van der Waals surface area contributed by atoms with Crippen LogP contribution in [0.4, 0.5) is 10.1 Å². The molecule has 0 atom stereocenters. The van der Waals surface area contributed by atoms with Gasteiger partial charge in [-0.2, -0.15) is 4.31 Å². The van der Waals surface area contributed by atoms with Gasteiger partial charge in [-0.3, -0.25) is 4.79 Å². The van der Waals surface area contributed by atoms with E-state index in [1.807, 2.05) is 13.8 Å². The molecular formula is C21H25FN2O4S. The molecule has 1 aliphatic rings. The Morgan fingerprint density at radius 1 is 1.14 bits per heavy atom. The molecule has 0 aliphatic carbocycles. The fourth-order valence-electron chi connectivity index (χ4n) is 3.10. The molecule has 1 amide bonds. The first-order valence-corrected chi connectivity index (χ1v) is 11.0. The fourth-order valence-corrected chi connectivity index (χ4v) is 4.62. The summed E-state index contributed by atoms with van der Waals surface area (Å²) in [6, 6.07) is 12.8. The van der Waals surface area contributed by atoms with E-state index in [9.17, 15) is 17.6 Å². The Bertz CT molecular complexity index is 953. The first-order chi connectivity index (χ1) is 13.8. The third-order valence-corrected chi connectivity index (χ3v) is 6.50. The number of hydrogen-bond acceptors (Lipinski definition) is 4. The molecule has 1 fully saturated rings. The largest absolute Gasteiger partial charge is 0.491 e. The van der Waals surface area contributed by atoms with Crippen molar-refractivity contribution in [3.63, 3.8) is 0 Å². The fraction of sp³-hybridized carbons (Fsp3) is 0.381. The van der Waals surface area contributed by atoms with Crippen molar-refractivity contribution in [2.45, 2.75) is 43.9 Å². The van der Waals surface area contributed by atoms with Crippen LogP contribution < -0.4 is 10.1 Å². The molecule has 0 unspecified atom stereocenters. The lowest BCUT2D eigenvalue weighted by Crippen LogP contribution is -2.39. The van der Waals surface area contributed by atoms with Crippen LogP contribution in [0.15, 0.2) is 53.4 Å². The van der Waals surface area contributed by atoms with E-state index >= 15 is 0 Å². The Kier molecular flexibility index (Phi) is 6.54. The van der Waals surface area contributed by atoms with Crippen molar-refractivity contribution >= 4 is 21.6 Å². The maximum Gasteiger partial charge on any atom is 0.255 e. The standard InChI is InChI=1S/C21H25FN2O4S/c1-15(2)28-19-8-6-18(7-9-19)23-21(25)16-4-3-5-20(14-16)29(26,27)24-12-10-17(22)11-13-24/h3-9,14-15,17H,10-13H2,1-2H3,(H,23,25). The lowest BCUT2D eigenvalue weighted by molar-refractivity contribution is 0.102. The molecule has 2 aromatic carbocycles. The van der Waals surface area contributed by atoms with Gasteiger partial charge in [-0.25, -0.2) is 12.8 Å². The number of alkyl halides is 1. The van der Waals surface area contributed by atoms with E-state index in [1.54, 1.807) is 30.3 Å². The topological polar surface area (TPSA) is 75.7 Å². The summed E-state index contributed by atoms with van der Waals surface area (Å²) in [5.74, 6) is 0.283. The van der Waals surface area contributed by atoms with Gasteiger partial charge in [0.1, 0.15) is 11.9 Å². The summed E-state index contributed by atoms with van der Waals surface area (Å²) in [5, 5.41) is 2.75. The molecule has 0 bridgehead atoms. The third kappa shape index (κ3) is 5.33. The average molecular weight is 421 g/mol. The zero-order valence-electron chi connectivity index (χ0n) is 16.5. The first-order valence-electron chi connectivity index (χ1n) is 9.58. The Morgan fingerprint density at radius 3 is 2.41 bits per heavy atom. The monoisotopic (exact) mass is 420 g/mol. The van der Waals surface area contributed by atoms with Crippen LogP contribution in [0.25, 0.3) is 0 Å². The second kappa shape index (κ2) is 8.92. The lowest BCUT2D eigenvalue weighted by atomic mass is 10.1. The van der Waals surface area contributed by atoms with Crippen molar-refractivity contribution in [3.8, 4) is 5.75 Å². The molecule has 156 valence electrons. The number of nitrogens with one attached hydrogen (secondary N) is 1. The number of halogens is 1. The molecule has 1 heterocycles. The maximum absolute atomic E-state index is 13.3. The average Bonchev–Trinajstić information content (AvgIpc) is 2.69. The number of carbonyl (C=O) groups excluding carboxylic acids is 1. The number of hydrogen-bond donors (Lipinski definition) is 1. The van der Waals surface area contributed by atoms with E-state index in [-0.39, 0.29) is 42.5 Å². The van der Waals surface area contributed by atoms with Crippen molar-refractivity contribution in [3.05, 3.63) is 54.1 Å². The quantitative estimate of drug-likeness (QED) is 0.770. The third-order valence-electron chi connectivity index (χ3n) is 4.60. The van der Waals surface area contributed by atoms with Gasteiger partial charge in [0.25, 0.3) is 5.91 Å². The minimum Gasteiger partial charge on any atom is -0.491 e. The molecule has 2 aromatic rings. The van der Waals surface area contributed by atoms with Gasteiger partial charge in [-0.15, -0.1) is 0 Å². The Balaban J connectivity index is 1.72. The van der Waals surface area contributed by atoms with Gasteiger partial charge in [0, 0.05) is 24.3 Å². The molecule has 1 aliphatic heterocycles. The van der Waals surface area contributed by atoms with E-state index in [2.05, 4.69) is 5.32 Å². The highest BCUT2D eigenvalue weighted by molar-refractivity contribution is 7.89. The van der Waals surface area contributed by atoms with E-state index in [1.165, 1.54) is 22.5 Å². The summed E-state index contributed by atoms with van der Waals surface area (Å²) in [5.41, 5.74) is 0.804. The number of ether oxygens (including phenoxy) is 1. The molecule has 3 rings (SSSR count). The highest BCUT2D eigenvalue weighted by Crippen LogP contribution is 2.23. The zero-order chi connectivity index (χ0) is 21.0. The number of carbonyl (C=O) groups is 1. The van der Waals surface area contributed by atoms with E-state index in [0.717, 1.165) is 0 Å². The Labute approximate surface area is 170 Å². The van der Waals surface area contributed by atoms with Crippen LogP contribution >= 0.6 is 0 Å². The molecule has 0 radical (unpaired) electrons. The van der Waals surface area contributed by atoms with Gasteiger partial charge < -0.3 is 10.1 Å². The molecule has 0 saturated carbocycles. The zero-order valence-corrected chi connectivity index (χ0v) is 17.3. The van der Waals surface area contributed by atoms with Crippen LogP contribution in [0.2, 0.25) is 0 Å². The number of amides is 1. The second-order valence-electron chi connectivity index (χ2n) is 7.25. The molecule has 8 heteroatoms. The summed E-state index contributed by atoms with van der Waals surface area (Å²) in [6.45, 7) is 4.14.